The third-order valence-electron chi connectivity index (χ3n) is 3.69. The summed E-state index contributed by atoms with van der Waals surface area (Å²) in [6.07, 6.45) is 7.87. The summed E-state index contributed by atoms with van der Waals surface area (Å²) in [6.45, 7) is 0.927. The highest BCUT2D eigenvalue weighted by molar-refractivity contribution is 7.22. The molecule has 0 amide bonds. The molecule has 0 aliphatic carbocycles. The molecule has 5 heteroatoms. The molecule has 0 saturated heterocycles. The number of thiazole rings is 1. The normalized spacial score (nSPS) is 13.1. The molecule has 5 heterocycles. The second kappa shape index (κ2) is 3.19. The van der Waals surface area contributed by atoms with Gasteiger partial charge in [0.15, 0.2) is 16.0 Å². The van der Waals surface area contributed by atoms with E-state index < -0.39 is 0 Å². The van der Waals surface area contributed by atoms with Crippen LogP contribution in [-0.4, -0.2) is 14.5 Å². The SMILES string of the molecule is c1cnc2sc3n4c(c[n+]3c2c1)-c1cnccc1C4. The Balaban J connectivity index is 1.93. The van der Waals surface area contributed by atoms with Gasteiger partial charge in [-0.15, -0.1) is 0 Å². The van der Waals surface area contributed by atoms with Crippen molar-refractivity contribution in [3.05, 3.63) is 48.5 Å². The highest BCUT2D eigenvalue weighted by Crippen LogP contribution is 2.34. The van der Waals surface area contributed by atoms with E-state index in [-0.39, 0.29) is 0 Å². The molecule has 0 atom stereocenters. The van der Waals surface area contributed by atoms with Gasteiger partial charge in [0.05, 0.1) is 5.56 Å². The smallest absolute Gasteiger partial charge is 0.264 e. The van der Waals surface area contributed by atoms with Crippen molar-refractivity contribution in [3.8, 4) is 11.3 Å². The predicted octanol–water partition coefficient (Wildman–Crippen LogP) is 2.26. The Hall–Kier alpha value is -2.27. The predicted molar refractivity (Wildman–Crippen MR) is 73.1 cm³/mol. The molecule has 4 aromatic heterocycles. The quantitative estimate of drug-likeness (QED) is 0.403. The van der Waals surface area contributed by atoms with Gasteiger partial charge in [-0.25, -0.2) is 9.55 Å². The maximum Gasteiger partial charge on any atom is 0.349 e. The molecule has 0 fully saturated rings. The van der Waals surface area contributed by atoms with E-state index in [1.54, 1.807) is 11.3 Å². The van der Waals surface area contributed by atoms with Gasteiger partial charge in [-0.2, -0.15) is 4.40 Å². The maximum absolute atomic E-state index is 4.44. The van der Waals surface area contributed by atoms with Crippen molar-refractivity contribution in [2.45, 2.75) is 6.54 Å². The molecule has 19 heavy (non-hydrogen) atoms. The molecular formula is C14H9N4S+. The first-order valence-electron chi connectivity index (χ1n) is 6.13. The van der Waals surface area contributed by atoms with E-state index in [0.717, 1.165) is 11.4 Å². The van der Waals surface area contributed by atoms with E-state index in [1.165, 1.54) is 27.3 Å². The number of imidazole rings is 1. The van der Waals surface area contributed by atoms with E-state index in [9.17, 15) is 0 Å². The molecular weight excluding hydrogens is 256 g/mol. The molecule has 5 rings (SSSR count). The van der Waals surface area contributed by atoms with Crippen LogP contribution in [0.15, 0.2) is 43.0 Å². The van der Waals surface area contributed by atoms with Crippen molar-refractivity contribution in [2.75, 3.05) is 0 Å². The van der Waals surface area contributed by atoms with Gasteiger partial charge < -0.3 is 0 Å². The van der Waals surface area contributed by atoms with Gasteiger partial charge in [-0.3, -0.25) is 4.98 Å². The van der Waals surface area contributed by atoms with Crippen molar-refractivity contribution in [2.24, 2.45) is 0 Å². The van der Waals surface area contributed by atoms with Gasteiger partial charge >= 0.3 is 4.96 Å². The minimum Gasteiger partial charge on any atom is -0.264 e. The maximum atomic E-state index is 4.44. The van der Waals surface area contributed by atoms with Crippen LogP contribution >= 0.6 is 11.3 Å². The van der Waals surface area contributed by atoms with E-state index in [2.05, 4.69) is 37.3 Å². The summed E-state index contributed by atoms with van der Waals surface area (Å²) in [7, 11) is 0. The number of rotatable bonds is 0. The molecule has 90 valence electrons. The molecule has 0 N–H and O–H groups in total. The monoisotopic (exact) mass is 265 g/mol. The highest BCUT2D eigenvalue weighted by atomic mass is 32.1. The molecule has 1 aliphatic rings. The van der Waals surface area contributed by atoms with Gasteiger partial charge in [0.25, 0.3) is 0 Å². The number of hydrogen-bond donors (Lipinski definition) is 0. The fraction of sp³-hybridized carbons (Fsp3) is 0.0714. The molecule has 0 aromatic carbocycles. The Kier molecular flexibility index (Phi) is 1.62. The van der Waals surface area contributed by atoms with Crippen molar-refractivity contribution in [1.82, 2.24) is 14.5 Å². The first kappa shape index (κ1) is 9.63. The fourth-order valence-electron chi connectivity index (χ4n) is 2.82. The minimum absolute atomic E-state index is 0.927. The van der Waals surface area contributed by atoms with Gasteiger partial charge in [-0.05, 0) is 29.5 Å². The van der Waals surface area contributed by atoms with Crippen LogP contribution in [0.2, 0.25) is 0 Å². The Morgan fingerprint density at radius 2 is 2.26 bits per heavy atom. The summed E-state index contributed by atoms with van der Waals surface area (Å²) in [5.74, 6) is 0. The Morgan fingerprint density at radius 3 is 3.26 bits per heavy atom. The number of fused-ring (bicyclic) bond motifs is 7. The van der Waals surface area contributed by atoms with Crippen molar-refractivity contribution in [3.63, 3.8) is 0 Å². The van der Waals surface area contributed by atoms with Gasteiger partial charge in [-0.1, -0.05) is 0 Å². The lowest BCUT2D eigenvalue weighted by Gasteiger charge is -1.91. The molecule has 4 nitrogen and oxygen atoms in total. The van der Waals surface area contributed by atoms with E-state index in [0.29, 0.717) is 0 Å². The van der Waals surface area contributed by atoms with E-state index in [1.807, 2.05) is 24.7 Å². The van der Waals surface area contributed by atoms with Crippen LogP contribution in [0.3, 0.4) is 0 Å². The van der Waals surface area contributed by atoms with E-state index >= 15 is 0 Å². The second-order valence-electron chi connectivity index (χ2n) is 4.72. The van der Waals surface area contributed by atoms with Gasteiger partial charge in [0, 0.05) is 24.2 Å². The van der Waals surface area contributed by atoms with Crippen LogP contribution in [0.25, 0.3) is 26.6 Å². The van der Waals surface area contributed by atoms with Crippen LogP contribution in [0, 0.1) is 0 Å². The fourth-order valence-corrected chi connectivity index (χ4v) is 3.90. The highest BCUT2D eigenvalue weighted by Gasteiger charge is 2.30. The molecule has 4 aromatic rings. The summed E-state index contributed by atoms with van der Waals surface area (Å²) in [5.41, 5.74) is 5.02. The van der Waals surface area contributed by atoms with Crippen molar-refractivity contribution >= 4 is 26.6 Å². The number of aromatic nitrogens is 4. The lowest BCUT2D eigenvalue weighted by Crippen LogP contribution is -2.16. The van der Waals surface area contributed by atoms with Crippen LogP contribution in [0.4, 0.5) is 0 Å². The molecule has 1 aliphatic heterocycles. The lowest BCUT2D eigenvalue weighted by atomic mass is 10.1. The first-order valence-corrected chi connectivity index (χ1v) is 6.95. The minimum atomic E-state index is 0.927. The Bertz CT molecular complexity index is 951. The standard InChI is InChI=1S/C14H9N4S/c1-2-11-13(16-4-1)19-14-17-7-9-3-5-15-6-10(9)12(17)8-18(11)14/h1-6,8H,7H2/q+1. The zero-order valence-electron chi connectivity index (χ0n) is 9.95. The average Bonchev–Trinajstić information content (AvgIpc) is 3.07. The Labute approximate surface area is 112 Å². The van der Waals surface area contributed by atoms with Crippen LogP contribution < -0.4 is 4.40 Å². The average molecular weight is 265 g/mol. The lowest BCUT2D eigenvalue weighted by molar-refractivity contribution is -0.476. The third-order valence-corrected chi connectivity index (χ3v) is 4.80. The molecule has 0 spiro atoms. The second-order valence-corrected chi connectivity index (χ2v) is 5.67. The number of hydrogen-bond acceptors (Lipinski definition) is 3. The van der Waals surface area contributed by atoms with Crippen molar-refractivity contribution < 1.29 is 4.40 Å². The zero-order chi connectivity index (χ0) is 12.4. The Morgan fingerprint density at radius 1 is 1.26 bits per heavy atom. The molecule has 0 radical (unpaired) electrons. The van der Waals surface area contributed by atoms with Crippen LogP contribution in [-0.2, 0) is 6.54 Å². The number of nitrogens with zero attached hydrogens (tertiary/aromatic N) is 4. The summed E-state index contributed by atoms with van der Waals surface area (Å²) < 4.78 is 4.58. The molecule has 0 bridgehead atoms. The van der Waals surface area contributed by atoms with Crippen LogP contribution in [0.5, 0.6) is 0 Å². The zero-order valence-corrected chi connectivity index (χ0v) is 10.8. The molecule has 0 saturated carbocycles. The third kappa shape index (κ3) is 1.11. The van der Waals surface area contributed by atoms with Gasteiger partial charge in [0.1, 0.15) is 12.7 Å². The number of pyridine rings is 2. The first-order chi connectivity index (χ1) is 9.42. The summed E-state index contributed by atoms with van der Waals surface area (Å²) in [4.78, 5) is 11.0. The molecule has 0 unspecified atom stereocenters. The van der Waals surface area contributed by atoms with Gasteiger partial charge in [0.2, 0.25) is 0 Å². The topological polar surface area (TPSA) is 34.8 Å². The largest absolute Gasteiger partial charge is 0.349 e. The summed E-state index contributed by atoms with van der Waals surface area (Å²) in [5, 5.41) is 0. The van der Waals surface area contributed by atoms with E-state index in [4.69, 9.17) is 0 Å². The summed E-state index contributed by atoms with van der Waals surface area (Å²) in [6, 6.07) is 6.20. The van der Waals surface area contributed by atoms with Crippen molar-refractivity contribution in [1.29, 1.82) is 0 Å². The van der Waals surface area contributed by atoms with Crippen LogP contribution in [0.1, 0.15) is 5.56 Å². The summed E-state index contributed by atoms with van der Waals surface area (Å²) >= 11 is 1.74.